The van der Waals surface area contributed by atoms with E-state index in [2.05, 4.69) is 27.4 Å². The van der Waals surface area contributed by atoms with Crippen LogP contribution in [-0.2, 0) is 4.79 Å². The zero-order valence-corrected chi connectivity index (χ0v) is 15.7. The number of nitro groups is 1. The number of non-ortho nitro benzene ring substituents is 1. The Morgan fingerprint density at radius 3 is 2.72 bits per heavy atom. The van der Waals surface area contributed by atoms with Crippen LogP contribution in [0.1, 0.15) is 24.0 Å². The number of H-pyrrole nitrogens is 1. The van der Waals surface area contributed by atoms with Crippen molar-refractivity contribution in [3.05, 3.63) is 82.5 Å². The number of hydrogen-bond donors (Lipinski definition) is 3. The number of carbonyl (C=O) groups is 1. The molecule has 8 heteroatoms. The molecule has 0 aliphatic heterocycles. The zero-order valence-electron chi connectivity index (χ0n) is 15.7. The molecule has 1 aromatic heterocycles. The topological polar surface area (TPSA) is 112 Å². The van der Waals surface area contributed by atoms with Crippen LogP contribution >= 0.6 is 0 Å². The lowest BCUT2D eigenvalue weighted by atomic mass is 10.1. The van der Waals surface area contributed by atoms with Gasteiger partial charge >= 0.3 is 0 Å². The molecule has 0 saturated carbocycles. The van der Waals surface area contributed by atoms with E-state index in [4.69, 9.17) is 0 Å². The number of nitrogens with zero attached hydrogens (tertiary/aromatic N) is 2. The molecule has 0 radical (unpaired) electrons. The third kappa shape index (κ3) is 5.29. The van der Waals surface area contributed by atoms with Gasteiger partial charge in [-0.3, -0.25) is 14.9 Å². The van der Waals surface area contributed by atoms with Gasteiger partial charge in [0.2, 0.25) is 5.91 Å². The van der Waals surface area contributed by atoms with Crippen LogP contribution in [0.15, 0.2) is 66.4 Å². The first-order valence-electron chi connectivity index (χ1n) is 9.10. The summed E-state index contributed by atoms with van der Waals surface area (Å²) >= 11 is 0. The predicted molar refractivity (Wildman–Crippen MR) is 113 cm³/mol. The second-order valence-corrected chi connectivity index (χ2v) is 6.40. The Hall–Kier alpha value is -3.94. The van der Waals surface area contributed by atoms with Crippen LogP contribution in [0.5, 0.6) is 0 Å². The highest BCUT2D eigenvalue weighted by Gasteiger charge is 2.06. The number of rotatable bonds is 9. The first-order valence-corrected chi connectivity index (χ1v) is 9.10. The van der Waals surface area contributed by atoms with Gasteiger partial charge in [0.1, 0.15) is 0 Å². The number of hydrogen-bond acceptors (Lipinski definition) is 5. The molecule has 0 saturated heterocycles. The van der Waals surface area contributed by atoms with Gasteiger partial charge in [0.05, 0.1) is 11.1 Å². The van der Waals surface area contributed by atoms with Crippen molar-refractivity contribution in [1.82, 2.24) is 15.7 Å². The minimum Gasteiger partial charge on any atom is -0.385 e. The molecule has 3 aromatic rings. The van der Waals surface area contributed by atoms with Crippen LogP contribution < -0.4 is 10.7 Å². The third-order valence-corrected chi connectivity index (χ3v) is 4.36. The Labute approximate surface area is 167 Å². The number of carbonyl (C=O) groups excluding carboxylic acids is 1. The van der Waals surface area contributed by atoms with Gasteiger partial charge in [0.25, 0.3) is 5.69 Å². The number of para-hydroxylation sites is 1. The number of nitrogens with one attached hydrogen (secondary N) is 3. The van der Waals surface area contributed by atoms with Crippen LogP contribution in [-0.4, -0.2) is 28.6 Å². The van der Waals surface area contributed by atoms with Gasteiger partial charge in [-0.15, -0.1) is 0 Å². The molecular weight excluding hydrogens is 370 g/mol. The van der Waals surface area contributed by atoms with E-state index in [9.17, 15) is 14.9 Å². The van der Waals surface area contributed by atoms with Gasteiger partial charge in [-0.2, -0.15) is 5.10 Å². The molecule has 0 atom stereocenters. The maximum absolute atomic E-state index is 11.9. The lowest BCUT2D eigenvalue weighted by Gasteiger charge is -2.09. The molecule has 0 aliphatic rings. The molecule has 1 heterocycles. The van der Waals surface area contributed by atoms with E-state index in [0.717, 1.165) is 22.0 Å². The Morgan fingerprint density at radius 1 is 1.21 bits per heavy atom. The molecule has 8 nitrogen and oxygen atoms in total. The normalized spacial score (nSPS) is 10.9. The molecule has 0 unspecified atom stereocenters. The second-order valence-electron chi connectivity index (χ2n) is 6.40. The second kappa shape index (κ2) is 9.32. The quantitative estimate of drug-likeness (QED) is 0.224. The lowest BCUT2D eigenvalue weighted by Crippen LogP contribution is -2.20. The first-order chi connectivity index (χ1) is 14.0. The highest BCUT2D eigenvalue weighted by atomic mass is 16.6. The van der Waals surface area contributed by atoms with Gasteiger partial charge in [-0.1, -0.05) is 24.8 Å². The average Bonchev–Trinajstić information content (AvgIpc) is 3.14. The molecule has 1 amide bonds. The lowest BCUT2D eigenvalue weighted by molar-refractivity contribution is -0.384. The molecule has 3 N–H and O–H groups in total. The molecular formula is C21H21N5O3. The summed E-state index contributed by atoms with van der Waals surface area (Å²) in [7, 11) is 0. The summed E-state index contributed by atoms with van der Waals surface area (Å²) in [6.07, 6.45) is 4.37. The molecule has 0 aliphatic carbocycles. The minimum atomic E-state index is -0.445. The van der Waals surface area contributed by atoms with Gasteiger partial charge in [0.15, 0.2) is 0 Å². The van der Waals surface area contributed by atoms with E-state index < -0.39 is 4.92 Å². The van der Waals surface area contributed by atoms with Crippen molar-refractivity contribution in [1.29, 1.82) is 0 Å². The zero-order chi connectivity index (χ0) is 20.6. The van der Waals surface area contributed by atoms with Crippen LogP contribution in [0.4, 0.5) is 5.69 Å². The van der Waals surface area contributed by atoms with Crippen molar-refractivity contribution >= 4 is 34.4 Å². The summed E-state index contributed by atoms with van der Waals surface area (Å²) in [4.78, 5) is 25.3. The van der Waals surface area contributed by atoms with Crippen LogP contribution in [0.25, 0.3) is 16.6 Å². The molecule has 0 fully saturated rings. The fraction of sp³-hybridized carbons (Fsp3) is 0.143. The number of nitro benzene ring substituents is 1. The van der Waals surface area contributed by atoms with Crippen LogP contribution in [0.3, 0.4) is 0 Å². The summed E-state index contributed by atoms with van der Waals surface area (Å²) in [5, 5.41) is 18.8. The predicted octanol–water partition coefficient (Wildman–Crippen LogP) is 3.57. The minimum absolute atomic E-state index is 0.0337. The Kier molecular flexibility index (Phi) is 6.36. The van der Waals surface area contributed by atoms with Crippen molar-refractivity contribution in [2.24, 2.45) is 5.10 Å². The Balaban J connectivity index is 1.38. The van der Waals surface area contributed by atoms with Gasteiger partial charge in [-0.05, 0) is 30.2 Å². The molecule has 0 bridgehead atoms. The third-order valence-electron chi connectivity index (χ3n) is 4.36. The van der Waals surface area contributed by atoms with E-state index in [0.29, 0.717) is 25.1 Å². The number of benzene rings is 2. The summed E-state index contributed by atoms with van der Waals surface area (Å²) in [5.41, 5.74) is 5.89. The standard InChI is InChI=1S/C21H21N5O3/c1-15(16-8-10-18(11-9-16)26(28)29)22-12-4-7-21(27)25-24-14-17-13-23-20-6-3-2-5-19(17)20/h2-3,5-6,8-11,13-14,22-23H,1,4,7,12H2,(H,25,27)/b24-14+. The number of aromatic nitrogens is 1. The van der Waals surface area contributed by atoms with Gasteiger partial charge < -0.3 is 10.3 Å². The van der Waals surface area contributed by atoms with Crippen molar-refractivity contribution < 1.29 is 9.72 Å². The maximum Gasteiger partial charge on any atom is 0.269 e. The van der Waals surface area contributed by atoms with Crippen LogP contribution in [0.2, 0.25) is 0 Å². The van der Waals surface area contributed by atoms with E-state index in [1.807, 2.05) is 30.5 Å². The van der Waals surface area contributed by atoms with Crippen molar-refractivity contribution in [3.63, 3.8) is 0 Å². The van der Waals surface area contributed by atoms with Crippen molar-refractivity contribution in [2.45, 2.75) is 12.8 Å². The highest BCUT2D eigenvalue weighted by Crippen LogP contribution is 2.16. The largest absolute Gasteiger partial charge is 0.385 e. The first kappa shape index (κ1) is 19.8. The monoisotopic (exact) mass is 391 g/mol. The fourth-order valence-corrected chi connectivity index (χ4v) is 2.81. The molecule has 148 valence electrons. The van der Waals surface area contributed by atoms with E-state index in [1.54, 1.807) is 18.3 Å². The molecule has 0 spiro atoms. The summed E-state index contributed by atoms with van der Waals surface area (Å²) < 4.78 is 0. The van der Waals surface area contributed by atoms with Crippen molar-refractivity contribution in [3.8, 4) is 0 Å². The number of hydrazone groups is 1. The number of fused-ring (bicyclic) bond motifs is 1. The molecule has 2 aromatic carbocycles. The number of aromatic amines is 1. The fourth-order valence-electron chi connectivity index (χ4n) is 2.81. The van der Waals surface area contributed by atoms with Crippen LogP contribution in [0, 0.1) is 10.1 Å². The smallest absolute Gasteiger partial charge is 0.269 e. The maximum atomic E-state index is 11.9. The van der Waals surface area contributed by atoms with Gasteiger partial charge in [-0.25, -0.2) is 5.43 Å². The van der Waals surface area contributed by atoms with Gasteiger partial charge in [0, 0.05) is 53.5 Å². The summed E-state index contributed by atoms with van der Waals surface area (Å²) in [6.45, 7) is 4.46. The summed E-state index contributed by atoms with van der Waals surface area (Å²) in [5.74, 6) is -0.177. The summed E-state index contributed by atoms with van der Waals surface area (Å²) in [6, 6.07) is 14.0. The van der Waals surface area contributed by atoms with E-state index >= 15 is 0 Å². The molecule has 3 rings (SSSR count). The van der Waals surface area contributed by atoms with E-state index in [1.165, 1.54) is 12.1 Å². The Morgan fingerprint density at radius 2 is 1.97 bits per heavy atom. The number of amides is 1. The Bertz CT molecular complexity index is 1050. The van der Waals surface area contributed by atoms with E-state index in [-0.39, 0.29) is 11.6 Å². The highest BCUT2D eigenvalue weighted by molar-refractivity contribution is 5.99. The SMILES string of the molecule is C=C(NCCCC(=O)N/N=C/c1c[nH]c2ccccc12)c1ccc([N+](=O)[O-])cc1. The van der Waals surface area contributed by atoms with Crippen molar-refractivity contribution in [2.75, 3.05) is 6.54 Å². The molecule has 29 heavy (non-hydrogen) atoms. The average molecular weight is 391 g/mol.